The zero-order valence-electron chi connectivity index (χ0n) is 7.50. The van der Waals surface area contributed by atoms with Crippen molar-refractivity contribution in [1.29, 1.82) is 0 Å². The summed E-state index contributed by atoms with van der Waals surface area (Å²) in [6.45, 7) is 0. The number of rotatable bonds is 2. The van der Waals surface area contributed by atoms with Gasteiger partial charge in [0.1, 0.15) is 11.6 Å². The summed E-state index contributed by atoms with van der Waals surface area (Å²) in [6, 6.07) is 2.42. The maximum absolute atomic E-state index is 13.4. The highest BCUT2D eigenvalue weighted by molar-refractivity contribution is 9.10. The summed E-state index contributed by atoms with van der Waals surface area (Å²) in [5.41, 5.74) is 6.09. The van der Waals surface area contributed by atoms with Gasteiger partial charge in [0.25, 0.3) is 0 Å². The predicted molar refractivity (Wildman–Crippen MR) is 55.4 cm³/mol. The quantitative estimate of drug-likeness (QED) is 0.858. The molecular formula is C10H11BrFNO. The molecule has 1 aromatic rings. The summed E-state index contributed by atoms with van der Waals surface area (Å²) in [4.78, 5) is 0. The van der Waals surface area contributed by atoms with Crippen LogP contribution in [0.3, 0.4) is 0 Å². The van der Waals surface area contributed by atoms with Crippen molar-refractivity contribution in [3.05, 3.63) is 28.0 Å². The SMILES string of the molecule is NC(c1c(F)ccc(Br)c1O)C1CC1. The molecule has 1 unspecified atom stereocenters. The average molecular weight is 260 g/mol. The van der Waals surface area contributed by atoms with Crippen LogP contribution in [0, 0.1) is 11.7 Å². The van der Waals surface area contributed by atoms with Crippen molar-refractivity contribution < 1.29 is 9.50 Å². The average Bonchev–Trinajstić information content (AvgIpc) is 2.95. The second-order valence-electron chi connectivity index (χ2n) is 3.65. The van der Waals surface area contributed by atoms with Crippen molar-refractivity contribution in [3.8, 4) is 5.75 Å². The fraction of sp³-hybridized carbons (Fsp3) is 0.400. The Kier molecular flexibility index (Phi) is 2.49. The predicted octanol–water partition coefficient (Wildman–Crippen LogP) is 2.70. The van der Waals surface area contributed by atoms with Crippen molar-refractivity contribution in [1.82, 2.24) is 0 Å². The maximum atomic E-state index is 13.4. The van der Waals surface area contributed by atoms with E-state index in [1.807, 2.05) is 0 Å². The third kappa shape index (κ3) is 1.64. The highest BCUT2D eigenvalue weighted by Gasteiger charge is 2.33. The number of hydrogen-bond donors (Lipinski definition) is 2. The molecule has 0 radical (unpaired) electrons. The van der Waals surface area contributed by atoms with Crippen LogP contribution in [0.1, 0.15) is 24.4 Å². The fourth-order valence-electron chi connectivity index (χ4n) is 1.56. The molecule has 76 valence electrons. The Morgan fingerprint density at radius 1 is 1.50 bits per heavy atom. The minimum Gasteiger partial charge on any atom is -0.506 e. The van der Waals surface area contributed by atoms with Crippen molar-refractivity contribution >= 4 is 15.9 Å². The number of hydrogen-bond acceptors (Lipinski definition) is 2. The van der Waals surface area contributed by atoms with E-state index in [0.717, 1.165) is 12.8 Å². The molecule has 1 atom stereocenters. The topological polar surface area (TPSA) is 46.2 Å². The number of halogens is 2. The largest absolute Gasteiger partial charge is 0.506 e. The molecule has 2 nitrogen and oxygen atoms in total. The Hall–Kier alpha value is -0.610. The van der Waals surface area contributed by atoms with Crippen LogP contribution in [0.25, 0.3) is 0 Å². The molecule has 1 saturated carbocycles. The van der Waals surface area contributed by atoms with Gasteiger partial charge in [-0.2, -0.15) is 0 Å². The number of nitrogens with two attached hydrogens (primary N) is 1. The molecule has 0 bridgehead atoms. The lowest BCUT2D eigenvalue weighted by molar-refractivity contribution is 0.438. The van der Waals surface area contributed by atoms with E-state index < -0.39 is 5.82 Å². The number of phenols is 1. The first-order valence-electron chi connectivity index (χ1n) is 4.53. The number of phenolic OH excluding ortho intramolecular Hbond substituents is 1. The molecular weight excluding hydrogens is 249 g/mol. The van der Waals surface area contributed by atoms with Gasteiger partial charge in [-0.1, -0.05) is 0 Å². The van der Waals surface area contributed by atoms with Gasteiger partial charge in [-0.25, -0.2) is 4.39 Å². The molecule has 1 fully saturated rings. The maximum Gasteiger partial charge on any atom is 0.137 e. The lowest BCUT2D eigenvalue weighted by Gasteiger charge is -2.14. The molecule has 0 aliphatic heterocycles. The van der Waals surface area contributed by atoms with Gasteiger partial charge in [0.15, 0.2) is 0 Å². The summed E-state index contributed by atoms with van der Waals surface area (Å²) in [7, 11) is 0. The molecule has 0 saturated heterocycles. The summed E-state index contributed by atoms with van der Waals surface area (Å²) < 4.78 is 13.9. The van der Waals surface area contributed by atoms with Gasteiger partial charge in [-0.3, -0.25) is 0 Å². The number of benzene rings is 1. The Morgan fingerprint density at radius 3 is 2.71 bits per heavy atom. The fourth-order valence-corrected chi connectivity index (χ4v) is 1.91. The first-order chi connectivity index (χ1) is 6.61. The van der Waals surface area contributed by atoms with Crippen molar-refractivity contribution in [3.63, 3.8) is 0 Å². The second-order valence-corrected chi connectivity index (χ2v) is 4.51. The molecule has 0 amide bonds. The highest BCUT2D eigenvalue weighted by Crippen LogP contribution is 2.44. The van der Waals surface area contributed by atoms with E-state index in [9.17, 15) is 9.50 Å². The zero-order chi connectivity index (χ0) is 10.3. The van der Waals surface area contributed by atoms with Gasteiger partial charge >= 0.3 is 0 Å². The van der Waals surface area contributed by atoms with Crippen LogP contribution in [-0.4, -0.2) is 5.11 Å². The van der Waals surface area contributed by atoms with E-state index in [2.05, 4.69) is 15.9 Å². The van der Waals surface area contributed by atoms with Crippen LogP contribution >= 0.6 is 15.9 Å². The molecule has 1 aromatic carbocycles. The Morgan fingerprint density at radius 2 is 2.14 bits per heavy atom. The van der Waals surface area contributed by atoms with Crippen LogP contribution in [0.4, 0.5) is 4.39 Å². The first-order valence-corrected chi connectivity index (χ1v) is 5.33. The first kappa shape index (κ1) is 9.93. The zero-order valence-corrected chi connectivity index (χ0v) is 9.09. The molecule has 4 heteroatoms. The van der Waals surface area contributed by atoms with Crippen molar-refractivity contribution in [2.45, 2.75) is 18.9 Å². The highest BCUT2D eigenvalue weighted by atomic mass is 79.9. The molecule has 14 heavy (non-hydrogen) atoms. The van der Waals surface area contributed by atoms with Crippen molar-refractivity contribution in [2.75, 3.05) is 0 Å². The molecule has 2 rings (SSSR count). The molecule has 0 aromatic heterocycles. The molecule has 3 N–H and O–H groups in total. The Balaban J connectivity index is 2.43. The summed E-state index contributed by atoms with van der Waals surface area (Å²) in [5, 5.41) is 9.66. The van der Waals surface area contributed by atoms with E-state index in [0.29, 0.717) is 10.4 Å². The molecule has 0 spiro atoms. The van der Waals surface area contributed by atoms with E-state index in [-0.39, 0.29) is 17.4 Å². The summed E-state index contributed by atoms with van der Waals surface area (Å²) in [5.74, 6) is -0.167. The third-order valence-corrected chi connectivity index (χ3v) is 3.22. The van der Waals surface area contributed by atoms with Gasteiger partial charge in [0.05, 0.1) is 4.47 Å². The third-order valence-electron chi connectivity index (χ3n) is 2.58. The minimum absolute atomic E-state index is 0.0654. The smallest absolute Gasteiger partial charge is 0.137 e. The molecule has 0 heterocycles. The summed E-state index contributed by atoms with van der Waals surface area (Å²) in [6.07, 6.45) is 2.04. The van der Waals surface area contributed by atoms with Crippen LogP contribution in [0.2, 0.25) is 0 Å². The lowest BCUT2D eigenvalue weighted by Crippen LogP contribution is -2.14. The lowest BCUT2D eigenvalue weighted by atomic mass is 10.0. The monoisotopic (exact) mass is 259 g/mol. The van der Waals surface area contributed by atoms with Gasteiger partial charge in [-0.15, -0.1) is 0 Å². The van der Waals surface area contributed by atoms with Crippen LogP contribution < -0.4 is 5.73 Å². The number of aromatic hydroxyl groups is 1. The Labute approximate surface area is 90.1 Å². The van der Waals surface area contributed by atoms with Gasteiger partial charge in [0.2, 0.25) is 0 Å². The van der Waals surface area contributed by atoms with Gasteiger partial charge in [0, 0.05) is 11.6 Å². The van der Waals surface area contributed by atoms with Crippen LogP contribution in [0.15, 0.2) is 16.6 Å². The Bertz CT molecular complexity index is 365. The molecule has 1 aliphatic rings. The normalized spacial score (nSPS) is 18.2. The standard InChI is InChI=1S/C10H11BrFNO/c11-6-3-4-7(12)8(10(6)14)9(13)5-1-2-5/h3-5,9,14H,1-2,13H2. The van der Waals surface area contributed by atoms with Gasteiger partial charge in [-0.05, 0) is 46.8 Å². The van der Waals surface area contributed by atoms with Gasteiger partial charge < -0.3 is 10.8 Å². The van der Waals surface area contributed by atoms with E-state index in [4.69, 9.17) is 5.73 Å². The summed E-state index contributed by atoms with van der Waals surface area (Å²) >= 11 is 3.15. The molecule has 1 aliphatic carbocycles. The van der Waals surface area contributed by atoms with E-state index >= 15 is 0 Å². The van der Waals surface area contributed by atoms with E-state index in [1.54, 1.807) is 0 Å². The van der Waals surface area contributed by atoms with E-state index in [1.165, 1.54) is 12.1 Å². The minimum atomic E-state index is -0.426. The second kappa shape index (κ2) is 3.51. The van der Waals surface area contributed by atoms with Crippen LogP contribution in [0.5, 0.6) is 5.75 Å². The van der Waals surface area contributed by atoms with Crippen LogP contribution in [-0.2, 0) is 0 Å². The van der Waals surface area contributed by atoms with Crippen molar-refractivity contribution in [2.24, 2.45) is 11.7 Å².